The Morgan fingerprint density at radius 2 is 1.79 bits per heavy atom. The minimum Gasteiger partial charge on any atom is -0.494 e. The summed E-state index contributed by atoms with van der Waals surface area (Å²) < 4.78 is 5.31. The molecule has 0 saturated carbocycles. The lowest BCUT2D eigenvalue weighted by Gasteiger charge is -2.28. The summed E-state index contributed by atoms with van der Waals surface area (Å²) in [6, 6.07) is 3.26. The standard InChI is InChI=1S/C18H20N2O4/c1-9-6-14(16(24-5)8-13(9)19)20(12(4)21)17-11(3)18(23)10(2)7-15(17)22/h6-8H,19H2,1-5H3. The Hall–Kier alpha value is -2.89. The number of amides is 1. The zero-order valence-corrected chi connectivity index (χ0v) is 14.4. The summed E-state index contributed by atoms with van der Waals surface area (Å²) in [4.78, 5) is 38.3. The first kappa shape index (κ1) is 17.5. The molecule has 0 radical (unpaired) electrons. The van der Waals surface area contributed by atoms with Gasteiger partial charge in [-0.05, 0) is 38.5 Å². The van der Waals surface area contributed by atoms with Gasteiger partial charge in [0.1, 0.15) is 11.4 Å². The van der Waals surface area contributed by atoms with Crippen LogP contribution >= 0.6 is 0 Å². The molecule has 1 aliphatic carbocycles. The Morgan fingerprint density at radius 3 is 2.33 bits per heavy atom. The second-order valence-corrected chi connectivity index (χ2v) is 5.73. The van der Waals surface area contributed by atoms with Crippen LogP contribution in [0.2, 0.25) is 0 Å². The Labute approximate surface area is 140 Å². The summed E-state index contributed by atoms with van der Waals surface area (Å²) in [5.74, 6) is -0.709. The van der Waals surface area contributed by atoms with Crippen LogP contribution < -0.4 is 15.4 Å². The molecule has 0 aliphatic heterocycles. The first-order chi connectivity index (χ1) is 11.2. The molecule has 0 spiro atoms. The number of carbonyl (C=O) groups excluding carboxylic acids is 3. The lowest BCUT2D eigenvalue weighted by Crippen LogP contribution is -2.35. The first-order valence-electron chi connectivity index (χ1n) is 7.42. The summed E-state index contributed by atoms with van der Waals surface area (Å²) in [6.07, 6.45) is 1.25. The van der Waals surface area contributed by atoms with E-state index in [-0.39, 0.29) is 17.1 Å². The van der Waals surface area contributed by atoms with E-state index in [0.717, 1.165) is 5.56 Å². The van der Waals surface area contributed by atoms with Crippen LogP contribution in [0.5, 0.6) is 5.75 Å². The molecule has 24 heavy (non-hydrogen) atoms. The number of nitrogen functional groups attached to an aromatic ring is 1. The van der Waals surface area contributed by atoms with Crippen LogP contribution in [0.4, 0.5) is 11.4 Å². The number of carbonyl (C=O) groups is 3. The number of hydrogen-bond donors (Lipinski definition) is 1. The maximum absolute atomic E-state index is 12.5. The molecular formula is C18H20N2O4. The van der Waals surface area contributed by atoms with Crippen molar-refractivity contribution in [2.24, 2.45) is 0 Å². The zero-order valence-electron chi connectivity index (χ0n) is 14.4. The number of Topliss-reactive ketones (excluding diaryl/α,β-unsaturated/α-hetero) is 1. The number of allylic oxidation sites excluding steroid dienone is 3. The minimum atomic E-state index is -0.402. The fourth-order valence-corrected chi connectivity index (χ4v) is 2.67. The second-order valence-electron chi connectivity index (χ2n) is 5.73. The van der Waals surface area contributed by atoms with Crippen molar-refractivity contribution in [1.29, 1.82) is 0 Å². The fourth-order valence-electron chi connectivity index (χ4n) is 2.67. The van der Waals surface area contributed by atoms with Crippen molar-refractivity contribution in [2.75, 3.05) is 17.7 Å². The van der Waals surface area contributed by atoms with Crippen LogP contribution in [0, 0.1) is 6.92 Å². The topological polar surface area (TPSA) is 89.7 Å². The highest BCUT2D eigenvalue weighted by molar-refractivity contribution is 6.26. The van der Waals surface area contributed by atoms with Gasteiger partial charge in [-0.2, -0.15) is 0 Å². The molecule has 1 amide bonds. The molecule has 126 valence electrons. The average Bonchev–Trinajstić information content (AvgIpc) is 2.51. The van der Waals surface area contributed by atoms with Crippen LogP contribution in [-0.2, 0) is 14.4 Å². The number of ether oxygens (including phenoxy) is 1. The summed E-state index contributed by atoms with van der Waals surface area (Å²) in [5.41, 5.74) is 8.13. The molecule has 0 saturated heterocycles. The van der Waals surface area contributed by atoms with Gasteiger partial charge in [0.15, 0.2) is 5.78 Å². The highest BCUT2D eigenvalue weighted by Gasteiger charge is 2.32. The van der Waals surface area contributed by atoms with Crippen molar-refractivity contribution in [1.82, 2.24) is 0 Å². The average molecular weight is 328 g/mol. The van der Waals surface area contributed by atoms with E-state index < -0.39 is 11.7 Å². The Balaban J connectivity index is 2.73. The zero-order chi connectivity index (χ0) is 18.2. The highest BCUT2D eigenvalue weighted by atomic mass is 16.5. The van der Waals surface area contributed by atoms with E-state index in [0.29, 0.717) is 22.7 Å². The maximum atomic E-state index is 12.5. The van der Waals surface area contributed by atoms with Crippen LogP contribution in [0.3, 0.4) is 0 Å². The van der Waals surface area contributed by atoms with Gasteiger partial charge >= 0.3 is 0 Å². The van der Waals surface area contributed by atoms with Crippen LogP contribution in [0.1, 0.15) is 26.3 Å². The maximum Gasteiger partial charge on any atom is 0.228 e. The third-order valence-corrected chi connectivity index (χ3v) is 3.98. The number of ketones is 2. The molecule has 1 aromatic rings. The molecule has 1 aliphatic rings. The Morgan fingerprint density at radius 1 is 1.17 bits per heavy atom. The SMILES string of the molecule is COc1cc(N)c(C)cc1N(C(C)=O)C1=C(C)C(=O)C(C)=CC1=O. The van der Waals surface area contributed by atoms with Gasteiger partial charge in [0.25, 0.3) is 0 Å². The molecule has 0 heterocycles. The van der Waals surface area contributed by atoms with Crippen LogP contribution in [-0.4, -0.2) is 24.6 Å². The fraction of sp³-hybridized carbons (Fsp3) is 0.278. The van der Waals surface area contributed by atoms with Crippen molar-refractivity contribution in [3.63, 3.8) is 0 Å². The molecule has 0 bridgehead atoms. The molecule has 1 aromatic carbocycles. The van der Waals surface area contributed by atoms with Crippen molar-refractivity contribution >= 4 is 28.8 Å². The monoisotopic (exact) mass is 328 g/mol. The van der Waals surface area contributed by atoms with Crippen molar-refractivity contribution in [3.8, 4) is 5.75 Å². The number of aryl methyl sites for hydroxylation is 1. The van der Waals surface area contributed by atoms with Gasteiger partial charge in [-0.15, -0.1) is 0 Å². The molecule has 0 fully saturated rings. The van der Waals surface area contributed by atoms with E-state index in [1.54, 1.807) is 32.9 Å². The number of anilines is 2. The third kappa shape index (κ3) is 2.82. The molecule has 0 aromatic heterocycles. The van der Waals surface area contributed by atoms with Crippen LogP contribution in [0.25, 0.3) is 0 Å². The molecule has 0 unspecified atom stereocenters. The minimum absolute atomic E-state index is 0.0422. The van der Waals surface area contributed by atoms with Gasteiger partial charge < -0.3 is 10.5 Å². The van der Waals surface area contributed by atoms with Gasteiger partial charge in [-0.25, -0.2) is 0 Å². The van der Waals surface area contributed by atoms with Gasteiger partial charge in [-0.1, -0.05) is 0 Å². The number of benzene rings is 1. The van der Waals surface area contributed by atoms with E-state index in [4.69, 9.17) is 10.5 Å². The number of nitrogens with two attached hydrogens (primary N) is 1. The summed E-state index contributed by atoms with van der Waals surface area (Å²) in [7, 11) is 1.45. The molecule has 6 nitrogen and oxygen atoms in total. The van der Waals surface area contributed by atoms with Crippen molar-refractivity contribution < 1.29 is 19.1 Å². The predicted molar refractivity (Wildman–Crippen MR) is 91.8 cm³/mol. The predicted octanol–water partition coefficient (Wildman–Crippen LogP) is 2.31. The van der Waals surface area contributed by atoms with E-state index in [1.807, 2.05) is 0 Å². The Bertz CT molecular complexity index is 819. The summed E-state index contributed by atoms with van der Waals surface area (Å²) in [6.45, 7) is 6.23. The molecular weight excluding hydrogens is 308 g/mol. The normalized spacial score (nSPS) is 14.6. The lowest BCUT2D eigenvalue weighted by molar-refractivity contribution is -0.118. The smallest absolute Gasteiger partial charge is 0.228 e. The number of rotatable bonds is 3. The highest BCUT2D eigenvalue weighted by Crippen LogP contribution is 2.37. The summed E-state index contributed by atoms with van der Waals surface area (Å²) in [5, 5.41) is 0. The van der Waals surface area contributed by atoms with Gasteiger partial charge in [0, 0.05) is 29.8 Å². The third-order valence-electron chi connectivity index (χ3n) is 3.98. The van der Waals surface area contributed by atoms with E-state index in [9.17, 15) is 14.4 Å². The summed E-state index contributed by atoms with van der Waals surface area (Å²) >= 11 is 0. The largest absolute Gasteiger partial charge is 0.494 e. The van der Waals surface area contributed by atoms with E-state index >= 15 is 0 Å². The van der Waals surface area contributed by atoms with Crippen molar-refractivity contribution in [3.05, 3.63) is 40.6 Å². The van der Waals surface area contributed by atoms with Crippen molar-refractivity contribution in [2.45, 2.75) is 27.7 Å². The molecule has 6 heteroatoms. The Kier molecular flexibility index (Phi) is 4.59. The number of nitrogens with zero attached hydrogens (tertiary/aromatic N) is 1. The van der Waals surface area contributed by atoms with Gasteiger partial charge in [0.2, 0.25) is 11.7 Å². The van der Waals surface area contributed by atoms with Gasteiger partial charge in [-0.3, -0.25) is 19.3 Å². The van der Waals surface area contributed by atoms with Gasteiger partial charge in [0.05, 0.1) is 12.8 Å². The molecule has 0 atom stereocenters. The molecule has 2 N–H and O–H groups in total. The lowest BCUT2D eigenvalue weighted by atomic mass is 9.94. The van der Waals surface area contributed by atoms with Crippen LogP contribution in [0.15, 0.2) is 35.1 Å². The second kappa shape index (κ2) is 6.31. The van der Waals surface area contributed by atoms with E-state index in [2.05, 4.69) is 0 Å². The first-order valence-corrected chi connectivity index (χ1v) is 7.42. The molecule has 2 rings (SSSR count). The van der Waals surface area contributed by atoms with E-state index in [1.165, 1.54) is 25.0 Å². The number of methoxy groups -OCH3 is 1. The quantitative estimate of drug-likeness (QED) is 0.679. The number of hydrogen-bond acceptors (Lipinski definition) is 5.